The zero-order valence-electron chi connectivity index (χ0n) is 21.3. The number of carbonyl (C=O) groups excluding carboxylic acids is 2. The predicted octanol–water partition coefficient (Wildman–Crippen LogP) is 4.76. The maximum atomic E-state index is 13.4. The van der Waals surface area contributed by atoms with Gasteiger partial charge < -0.3 is 24.6 Å². The van der Waals surface area contributed by atoms with Crippen LogP contribution in [0.1, 0.15) is 42.1 Å². The first kappa shape index (κ1) is 25.8. The molecule has 0 bridgehead atoms. The Labute approximate surface area is 215 Å². The number of aromatic nitrogens is 1. The number of ether oxygens (including phenoxy) is 2. The molecule has 0 saturated carbocycles. The smallest absolute Gasteiger partial charge is 0.295 e. The number of phenolic OH excluding ortho intramolecular Hbond substituents is 1. The average Bonchev–Trinajstić information content (AvgIpc) is 3.13. The maximum absolute atomic E-state index is 13.4. The van der Waals surface area contributed by atoms with E-state index in [-0.39, 0.29) is 29.4 Å². The summed E-state index contributed by atoms with van der Waals surface area (Å²) in [5.74, 6) is -0.700. The molecule has 2 heterocycles. The van der Waals surface area contributed by atoms with Crippen molar-refractivity contribution < 1.29 is 29.3 Å². The fraction of sp³-hybridized carbons (Fsp3) is 0.276. The van der Waals surface area contributed by atoms with Crippen LogP contribution in [0.15, 0.2) is 66.5 Å². The molecule has 2 aromatic carbocycles. The lowest BCUT2D eigenvalue weighted by Crippen LogP contribution is -2.29. The SMILES string of the molecule is COc1cc([C@@H]2/C(=C(\O)c3ccc(OCC(C)C)cc3C)C(=O)C(=O)N2Cc2cccnc2)ccc1O. The van der Waals surface area contributed by atoms with Gasteiger partial charge in [0.05, 0.1) is 25.3 Å². The Balaban J connectivity index is 1.83. The highest BCUT2D eigenvalue weighted by molar-refractivity contribution is 6.46. The van der Waals surface area contributed by atoms with E-state index in [0.29, 0.717) is 35.0 Å². The molecule has 8 heteroatoms. The lowest BCUT2D eigenvalue weighted by atomic mass is 9.93. The molecular weight excluding hydrogens is 472 g/mol. The number of aliphatic hydroxyl groups excluding tert-OH is 1. The lowest BCUT2D eigenvalue weighted by Gasteiger charge is -2.26. The number of likely N-dealkylation sites (tertiary alicyclic amines) is 1. The van der Waals surface area contributed by atoms with Gasteiger partial charge in [-0.15, -0.1) is 0 Å². The summed E-state index contributed by atoms with van der Waals surface area (Å²) in [4.78, 5) is 32.1. The minimum absolute atomic E-state index is 0.0411. The van der Waals surface area contributed by atoms with Crippen LogP contribution in [0.2, 0.25) is 0 Å². The van der Waals surface area contributed by atoms with Gasteiger partial charge in [-0.25, -0.2) is 0 Å². The summed E-state index contributed by atoms with van der Waals surface area (Å²) in [6, 6.07) is 12.5. The molecule has 0 spiro atoms. The maximum Gasteiger partial charge on any atom is 0.295 e. The Morgan fingerprint density at radius 3 is 2.57 bits per heavy atom. The van der Waals surface area contributed by atoms with Crippen LogP contribution < -0.4 is 9.47 Å². The Morgan fingerprint density at radius 2 is 1.92 bits per heavy atom. The van der Waals surface area contributed by atoms with Crippen LogP contribution in [-0.4, -0.2) is 45.5 Å². The molecule has 37 heavy (non-hydrogen) atoms. The Kier molecular flexibility index (Phi) is 7.47. The van der Waals surface area contributed by atoms with E-state index in [1.54, 1.807) is 54.9 Å². The molecule has 4 rings (SSSR count). The largest absolute Gasteiger partial charge is 0.507 e. The normalized spacial score (nSPS) is 16.9. The molecule has 3 aromatic rings. The number of nitrogens with zero attached hydrogens (tertiary/aromatic N) is 2. The number of hydrogen-bond acceptors (Lipinski definition) is 7. The van der Waals surface area contributed by atoms with Crippen LogP contribution in [0.25, 0.3) is 5.76 Å². The second-order valence-corrected chi connectivity index (χ2v) is 9.40. The molecule has 0 radical (unpaired) electrons. The van der Waals surface area contributed by atoms with Crippen molar-refractivity contribution in [1.29, 1.82) is 0 Å². The summed E-state index contributed by atoms with van der Waals surface area (Å²) in [5, 5.41) is 21.6. The van der Waals surface area contributed by atoms with E-state index in [0.717, 1.165) is 5.56 Å². The number of aryl methyl sites for hydroxylation is 1. The summed E-state index contributed by atoms with van der Waals surface area (Å²) in [6.45, 7) is 6.56. The lowest BCUT2D eigenvalue weighted by molar-refractivity contribution is -0.140. The van der Waals surface area contributed by atoms with Gasteiger partial charge >= 0.3 is 0 Å². The van der Waals surface area contributed by atoms with E-state index in [1.807, 2.05) is 6.92 Å². The number of aromatic hydroxyl groups is 1. The number of phenols is 1. The highest BCUT2D eigenvalue weighted by atomic mass is 16.5. The van der Waals surface area contributed by atoms with Gasteiger partial charge in [0.25, 0.3) is 11.7 Å². The van der Waals surface area contributed by atoms with Gasteiger partial charge in [0, 0.05) is 24.5 Å². The summed E-state index contributed by atoms with van der Waals surface area (Å²) < 4.78 is 11.1. The van der Waals surface area contributed by atoms with Crippen molar-refractivity contribution in [3.05, 3.63) is 88.8 Å². The first-order chi connectivity index (χ1) is 17.7. The molecule has 1 fully saturated rings. The summed E-state index contributed by atoms with van der Waals surface area (Å²) in [5.41, 5.74) is 2.31. The summed E-state index contributed by atoms with van der Waals surface area (Å²) in [7, 11) is 1.41. The zero-order valence-corrected chi connectivity index (χ0v) is 21.3. The zero-order chi connectivity index (χ0) is 26.7. The molecule has 1 aliphatic rings. The molecule has 2 N–H and O–H groups in total. The van der Waals surface area contributed by atoms with E-state index >= 15 is 0 Å². The molecule has 1 atom stereocenters. The van der Waals surface area contributed by atoms with Crippen LogP contribution in [0.3, 0.4) is 0 Å². The number of rotatable bonds is 8. The third-order valence-corrected chi connectivity index (χ3v) is 6.17. The van der Waals surface area contributed by atoms with E-state index in [2.05, 4.69) is 18.8 Å². The van der Waals surface area contributed by atoms with Crippen LogP contribution in [0.5, 0.6) is 17.2 Å². The van der Waals surface area contributed by atoms with Gasteiger partial charge in [-0.2, -0.15) is 0 Å². The fourth-order valence-corrected chi connectivity index (χ4v) is 4.34. The third kappa shape index (κ3) is 5.28. The third-order valence-electron chi connectivity index (χ3n) is 6.17. The first-order valence-corrected chi connectivity index (χ1v) is 12.0. The number of benzene rings is 2. The van der Waals surface area contributed by atoms with Gasteiger partial charge in [0.2, 0.25) is 0 Å². The number of carbonyl (C=O) groups is 2. The minimum atomic E-state index is -0.911. The standard InChI is InChI=1S/C29H30N2O6/c1-17(2)16-37-21-8-9-22(18(3)12-21)27(33)25-26(20-7-10-23(32)24(13-20)36-4)31(29(35)28(25)34)15-19-6-5-11-30-14-19/h5-14,17,26,32-33H,15-16H2,1-4H3/b27-25+/t26-/m1/s1. The molecule has 8 nitrogen and oxygen atoms in total. The Bertz CT molecular complexity index is 1350. The molecule has 1 aliphatic heterocycles. The van der Waals surface area contributed by atoms with Crippen molar-refractivity contribution in [2.45, 2.75) is 33.4 Å². The minimum Gasteiger partial charge on any atom is -0.507 e. The van der Waals surface area contributed by atoms with E-state index < -0.39 is 17.7 Å². The van der Waals surface area contributed by atoms with E-state index in [9.17, 15) is 19.8 Å². The number of Topliss-reactive ketones (excluding diaryl/α,β-unsaturated/α-hetero) is 1. The second-order valence-electron chi connectivity index (χ2n) is 9.40. The number of aliphatic hydroxyl groups is 1. The molecule has 0 unspecified atom stereocenters. The van der Waals surface area contributed by atoms with Gasteiger partial charge in [-0.3, -0.25) is 14.6 Å². The molecule has 1 amide bonds. The number of pyridine rings is 1. The van der Waals surface area contributed by atoms with E-state index in [4.69, 9.17) is 9.47 Å². The van der Waals surface area contributed by atoms with Gasteiger partial charge in [0.1, 0.15) is 11.5 Å². The van der Waals surface area contributed by atoms with Crippen molar-refractivity contribution in [3.8, 4) is 17.2 Å². The summed E-state index contributed by atoms with van der Waals surface area (Å²) in [6.07, 6.45) is 3.24. The quantitative estimate of drug-likeness (QED) is 0.260. The first-order valence-electron chi connectivity index (χ1n) is 12.0. The topological polar surface area (TPSA) is 109 Å². The number of methoxy groups -OCH3 is 1. The molecule has 1 aromatic heterocycles. The number of ketones is 1. The highest BCUT2D eigenvalue weighted by Crippen LogP contribution is 2.43. The molecule has 1 saturated heterocycles. The van der Waals surface area contributed by atoms with Gasteiger partial charge in [-0.1, -0.05) is 26.0 Å². The number of hydrogen-bond donors (Lipinski definition) is 2. The van der Waals surface area contributed by atoms with Crippen molar-refractivity contribution in [1.82, 2.24) is 9.88 Å². The van der Waals surface area contributed by atoms with E-state index in [1.165, 1.54) is 18.1 Å². The molecule has 0 aliphatic carbocycles. The number of amides is 1. The van der Waals surface area contributed by atoms with Crippen molar-refractivity contribution >= 4 is 17.4 Å². The van der Waals surface area contributed by atoms with Crippen LogP contribution in [-0.2, 0) is 16.1 Å². The van der Waals surface area contributed by atoms with Crippen molar-refractivity contribution in [2.24, 2.45) is 5.92 Å². The average molecular weight is 503 g/mol. The van der Waals surface area contributed by atoms with Crippen molar-refractivity contribution in [2.75, 3.05) is 13.7 Å². The van der Waals surface area contributed by atoms with Crippen LogP contribution in [0.4, 0.5) is 0 Å². The summed E-state index contributed by atoms with van der Waals surface area (Å²) >= 11 is 0. The molecular formula is C29H30N2O6. The van der Waals surface area contributed by atoms with Gasteiger partial charge in [-0.05, 0) is 65.9 Å². The van der Waals surface area contributed by atoms with Gasteiger partial charge in [0.15, 0.2) is 11.5 Å². The van der Waals surface area contributed by atoms with Crippen LogP contribution in [0, 0.1) is 12.8 Å². The molecule has 192 valence electrons. The predicted molar refractivity (Wildman–Crippen MR) is 138 cm³/mol. The highest BCUT2D eigenvalue weighted by Gasteiger charge is 2.46. The Hall–Kier alpha value is -4.33. The van der Waals surface area contributed by atoms with Crippen molar-refractivity contribution in [3.63, 3.8) is 0 Å². The second kappa shape index (κ2) is 10.7. The monoisotopic (exact) mass is 502 g/mol. The fourth-order valence-electron chi connectivity index (χ4n) is 4.34. The Morgan fingerprint density at radius 1 is 1.14 bits per heavy atom. The van der Waals surface area contributed by atoms with Crippen LogP contribution >= 0.6 is 0 Å².